The average molecular weight is 296 g/mol. The predicted molar refractivity (Wildman–Crippen MR) is 90.1 cm³/mol. The van der Waals surface area contributed by atoms with Gasteiger partial charge in [-0.25, -0.2) is 0 Å². The molecule has 22 heavy (non-hydrogen) atoms. The van der Waals surface area contributed by atoms with Crippen LogP contribution in [-0.4, -0.2) is 49.1 Å². The smallest absolute Gasteiger partial charge is 0.119 e. The monoisotopic (exact) mass is 296 g/mol. The maximum absolute atomic E-state index is 5.78. The third kappa shape index (κ3) is 4.58. The van der Waals surface area contributed by atoms with Crippen LogP contribution in [0, 0.1) is 0 Å². The second-order valence-electron chi connectivity index (χ2n) is 5.76. The quantitative estimate of drug-likeness (QED) is 0.815. The Kier molecular flexibility index (Phi) is 5.46. The first-order valence-electron chi connectivity index (χ1n) is 8.07. The number of benzene rings is 2. The molecule has 0 unspecified atom stereocenters. The van der Waals surface area contributed by atoms with Gasteiger partial charge in [-0.1, -0.05) is 48.5 Å². The summed E-state index contributed by atoms with van der Waals surface area (Å²) in [5, 5.41) is 0. The maximum Gasteiger partial charge on any atom is 0.119 e. The zero-order valence-corrected chi connectivity index (χ0v) is 13.0. The summed E-state index contributed by atoms with van der Waals surface area (Å²) in [5.74, 6) is 0.963. The number of hydrogen-bond donors (Lipinski definition) is 0. The van der Waals surface area contributed by atoms with Crippen molar-refractivity contribution in [3.05, 3.63) is 66.2 Å². The van der Waals surface area contributed by atoms with Crippen molar-refractivity contribution in [2.45, 2.75) is 6.54 Å². The Morgan fingerprint density at radius 3 is 2.00 bits per heavy atom. The lowest BCUT2D eigenvalue weighted by Gasteiger charge is -2.34. The molecule has 0 aromatic heterocycles. The van der Waals surface area contributed by atoms with Crippen LogP contribution in [0.1, 0.15) is 5.56 Å². The van der Waals surface area contributed by atoms with Crippen molar-refractivity contribution in [1.82, 2.24) is 9.80 Å². The highest BCUT2D eigenvalue weighted by Gasteiger charge is 2.16. The molecule has 1 fully saturated rings. The molecular weight excluding hydrogens is 272 g/mol. The molecule has 116 valence electrons. The van der Waals surface area contributed by atoms with Gasteiger partial charge in [-0.05, 0) is 17.7 Å². The van der Waals surface area contributed by atoms with Crippen LogP contribution in [0.2, 0.25) is 0 Å². The summed E-state index contributed by atoms with van der Waals surface area (Å²) in [5.41, 5.74) is 1.41. The van der Waals surface area contributed by atoms with Crippen LogP contribution in [0.3, 0.4) is 0 Å². The summed E-state index contributed by atoms with van der Waals surface area (Å²) >= 11 is 0. The molecular formula is C19H24N2O. The average Bonchev–Trinajstić information content (AvgIpc) is 2.58. The topological polar surface area (TPSA) is 15.7 Å². The largest absolute Gasteiger partial charge is 0.492 e. The summed E-state index contributed by atoms with van der Waals surface area (Å²) < 4.78 is 5.78. The highest BCUT2D eigenvalue weighted by atomic mass is 16.5. The second kappa shape index (κ2) is 7.97. The molecule has 2 aromatic carbocycles. The summed E-state index contributed by atoms with van der Waals surface area (Å²) in [4.78, 5) is 5.02. The molecule has 0 radical (unpaired) electrons. The number of rotatable bonds is 6. The SMILES string of the molecule is c1ccc(CN2CCN(CCOc3ccccc3)CC2)cc1. The molecule has 0 spiro atoms. The van der Waals surface area contributed by atoms with Crippen LogP contribution in [0.15, 0.2) is 60.7 Å². The Morgan fingerprint density at radius 1 is 0.727 bits per heavy atom. The van der Waals surface area contributed by atoms with Gasteiger partial charge in [-0.2, -0.15) is 0 Å². The Labute approximate surface area is 133 Å². The van der Waals surface area contributed by atoms with Crippen LogP contribution >= 0.6 is 0 Å². The van der Waals surface area contributed by atoms with E-state index in [1.165, 1.54) is 5.56 Å². The Bertz CT molecular complexity index is 536. The van der Waals surface area contributed by atoms with E-state index < -0.39 is 0 Å². The molecule has 0 atom stereocenters. The number of ether oxygens (including phenoxy) is 1. The molecule has 1 heterocycles. The number of para-hydroxylation sites is 1. The van der Waals surface area contributed by atoms with Crippen LogP contribution in [0.25, 0.3) is 0 Å². The standard InChI is InChI=1S/C19H24N2O/c1-3-7-18(8-4-1)17-21-13-11-20(12-14-21)15-16-22-19-9-5-2-6-10-19/h1-10H,11-17H2. The van der Waals surface area contributed by atoms with Gasteiger partial charge in [-0.15, -0.1) is 0 Å². The van der Waals surface area contributed by atoms with Gasteiger partial charge >= 0.3 is 0 Å². The van der Waals surface area contributed by atoms with Gasteiger partial charge in [0.25, 0.3) is 0 Å². The lowest BCUT2D eigenvalue weighted by Crippen LogP contribution is -2.47. The van der Waals surface area contributed by atoms with Gasteiger partial charge in [0.1, 0.15) is 12.4 Å². The third-order valence-electron chi connectivity index (χ3n) is 4.13. The van der Waals surface area contributed by atoms with E-state index in [4.69, 9.17) is 4.74 Å². The van der Waals surface area contributed by atoms with Crippen LogP contribution in [0.5, 0.6) is 5.75 Å². The first kappa shape index (κ1) is 15.1. The maximum atomic E-state index is 5.78. The molecule has 2 aromatic rings. The molecule has 1 aliphatic heterocycles. The highest BCUT2D eigenvalue weighted by Crippen LogP contribution is 2.10. The fourth-order valence-electron chi connectivity index (χ4n) is 2.82. The second-order valence-corrected chi connectivity index (χ2v) is 5.76. The summed E-state index contributed by atoms with van der Waals surface area (Å²) in [7, 11) is 0. The normalized spacial score (nSPS) is 16.5. The van der Waals surface area contributed by atoms with Crippen molar-refractivity contribution in [2.75, 3.05) is 39.3 Å². The van der Waals surface area contributed by atoms with Gasteiger partial charge in [0.15, 0.2) is 0 Å². The molecule has 1 saturated heterocycles. The fraction of sp³-hybridized carbons (Fsp3) is 0.368. The van der Waals surface area contributed by atoms with Gasteiger partial charge in [0.05, 0.1) is 0 Å². The molecule has 1 aliphatic rings. The van der Waals surface area contributed by atoms with Crippen LogP contribution in [-0.2, 0) is 6.54 Å². The predicted octanol–water partition coefficient (Wildman–Crippen LogP) is 2.88. The third-order valence-corrected chi connectivity index (χ3v) is 4.13. The molecule has 0 amide bonds. The van der Waals surface area contributed by atoms with E-state index in [-0.39, 0.29) is 0 Å². The van der Waals surface area contributed by atoms with E-state index in [9.17, 15) is 0 Å². The van der Waals surface area contributed by atoms with Gasteiger partial charge in [0, 0.05) is 39.3 Å². The van der Waals surface area contributed by atoms with E-state index in [0.717, 1.165) is 51.6 Å². The lowest BCUT2D eigenvalue weighted by atomic mass is 10.2. The summed E-state index contributed by atoms with van der Waals surface area (Å²) in [6, 6.07) is 20.8. The molecule has 0 aliphatic carbocycles. The van der Waals surface area contributed by atoms with Crippen molar-refractivity contribution in [1.29, 1.82) is 0 Å². The molecule has 3 heteroatoms. The Morgan fingerprint density at radius 2 is 1.32 bits per heavy atom. The lowest BCUT2D eigenvalue weighted by molar-refractivity contribution is 0.112. The molecule has 3 nitrogen and oxygen atoms in total. The minimum atomic E-state index is 0.767. The Balaban J connectivity index is 1.35. The minimum absolute atomic E-state index is 0.767. The molecule has 0 N–H and O–H groups in total. The fourth-order valence-corrected chi connectivity index (χ4v) is 2.82. The molecule has 0 saturated carbocycles. The first-order valence-corrected chi connectivity index (χ1v) is 8.07. The zero-order valence-electron chi connectivity index (χ0n) is 13.0. The van der Waals surface area contributed by atoms with E-state index in [1.807, 2.05) is 30.3 Å². The summed E-state index contributed by atoms with van der Waals surface area (Å²) in [6.07, 6.45) is 0. The summed E-state index contributed by atoms with van der Waals surface area (Å²) in [6.45, 7) is 7.38. The van der Waals surface area contributed by atoms with E-state index in [1.54, 1.807) is 0 Å². The van der Waals surface area contributed by atoms with Gasteiger partial charge in [0.2, 0.25) is 0 Å². The zero-order chi connectivity index (χ0) is 15.0. The van der Waals surface area contributed by atoms with E-state index >= 15 is 0 Å². The number of piperazine rings is 1. The van der Waals surface area contributed by atoms with Gasteiger partial charge in [-0.3, -0.25) is 9.80 Å². The van der Waals surface area contributed by atoms with Crippen molar-refractivity contribution in [3.8, 4) is 5.75 Å². The number of hydrogen-bond acceptors (Lipinski definition) is 3. The Hall–Kier alpha value is -1.84. The van der Waals surface area contributed by atoms with E-state index in [2.05, 4.69) is 40.1 Å². The van der Waals surface area contributed by atoms with Crippen molar-refractivity contribution in [3.63, 3.8) is 0 Å². The number of nitrogens with zero attached hydrogens (tertiary/aromatic N) is 2. The first-order chi connectivity index (χ1) is 10.9. The van der Waals surface area contributed by atoms with Crippen molar-refractivity contribution in [2.24, 2.45) is 0 Å². The van der Waals surface area contributed by atoms with E-state index in [0.29, 0.717) is 0 Å². The van der Waals surface area contributed by atoms with Crippen molar-refractivity contribution < 1.29 is 4.74 Å². The van der Waals surface area contributed by atoms with Crippen LogP contribution < -0.4 is 4.74 Å². The highest BCUT2D eigenvalue weighted by molar-refractivity contribution is 5.20. The van der Waals surface area contributed by atoms with Crippen LogP contribution in [0.4, 0.5) is 0 Å². The molecule has 0 bridgehead atoms. The van der Waals surface area contributed by atoms with Gasteiger partial charge < -0.3 is 4.74 Å². The molecule has 3 rings (SSSR count). The van der Waals surface area contributed by atoms with Crippen molar-refractivity contribution >= 4 is 0 Å². The minimum Gasteiger partial charge on any atom is -0.492 e.